The number of aldehydes is 1. The molecule has 0 aliphatic heterocycles. The van der Waals surface area contributed by atoms with E-state index in [-0.39, 0.29) is 14.5 Å². The average molecular weight is 242 g/mol. The van der Waals surface area contributed by atoms with Crippen LogP contribution in [-0.4, -0.2) is 25.8 Å². The normalized spacial score (nSPS) is 10.0. The van der Waals surface area contributed by atoms with Crippen LogP contribution in [0.1, 0.15) is 10.5 Å². The van der Waals surface area contributed by atoms with E-state index in [1.807, 2.05) is 22.5 Å². The summed E-state index contributed by atoms with van der Waals surface area (Å²) in [4.78, 5) is 17.7. The van der Waals surface area contributed by atoms with Gasteiger partial charge in [-0.3, -0.25) is 0 Å². The van der Waals surface area contributed by atoms with Crippen LogP contribution in [0.25, 0.3) is 9.44 Å². The van der Waals surface area contributed by atoms with Gasteiger partial charge in [-0.1, -0.05) is 0 Å². The van der Waals surface area contributed by atoms with Gasteiger partial charge in [-0.2, -0.15) is 0 Å². The third-order valence-electron chi connectivity index (χ3n) is 1.37. The van der Waals surface area contributed by atoms with Crippen LogP contribution >= 0.6 is 11.3 Å². The average Bonchev–Trinajstić information content (AvgIpc) is 2.75. The fourth-order valence-corrected chi connectivity index (χ4v) is 3.45. The molecule has 0 atom stereocenters. The first-order chi connectivity index (χ1) is 5.90. The van der Waals surface area contributed by atoms with Crippen molar-refractivity contribution in [2.75, 3.05) is 0 Å². The third-order valence-corrected chi connectivity index (χ3v) is 4.42. The maximum absolute atomic E-state index is 10.4. The van der Waals surface area contributed by atoms with E-state index in [9.17, 15) is 4.79 Å². The van der Waals surface area contributed by atoms with Crippen molar-refractivity contribution >= 4 is 32.1 Å². The van der Waals surface area contributed by atoms with E-state index in [4.69, 9.17) is 0 Å². The zero-order chi connectivity index (χ0) is 8.39. The van der Waals surface area contributed by atoms with E-state index < -0.39 is 0 Å². The predicted molar refractivity (Wildman–Crippen MR) is 49.9 cm³/mol. The van der Waals surface area contributed by atoms with Crippen LogP contribution in [0.5, 0.6) is 0 Å². The standard InChI is InChI=1S/C8H5NOSSe/c10-4-6-5-12-8(9-6)7-2-1-3-11-7/h1-5H. The fraction of sp³-hybridized carbons (Fsp3) is 0. The molecular formula is C8H5NOSSe. The van der Waals surface area contributed by atoms with Gasteiger partial charge < -0.3 is 0 Å². The van der Waals surface area contributed by atoms with Crippen LogP contribution < -0.4 is 0 Å². The van der Waals surface area contributed by atoms with Gasteiger partial charge in [0, 0.05) is 0 Å². The fourth-order valence-electron chi connectivity index (χ4n) is 0.854. The van der Waals surface area contributed by atoms with Crippen molar-refractivity contribution in [1.82, 2.24) is 4.98 Å². The van der Waals surface area contributed by atoms with Crippen LogP contribution in [-0.2, 0) is 0 Å². The first-order valence-electron chi connectivity index (χ1n) is 3.35. The van der Waals surface area contributed by atoms with Gasteiger partial charge in [0.25, 0.3) is 0 Å². The van der Waals surface area contributed by atoms with Crippen LogP contribution in [0.3, 0.4) is 0 Å². The molecule has 2 aromatic heterocycles. The molecule has 0 saturated heterocycles. The minimum atomic E-state index is 0.251. The topological polar surface area (TPSA) is 30.0 Å². The SMILES string of the molecule is O=Cc1c[se]c(-c2cccs2)n1. The molecule has 0 aromatic carbocycles. The Morgan fingerprint density at radius 1 is 1.58 bits per heavy atom. The number of rotatable bonds is 2. The summed E-state index contributed by atoms with van der Waals surface area (Å²) in [6.45, 7) is 0. The number of thiophene rings is 1. The van der Waals surface area contributed by atoms with Crippen molar-refractivity contribution in [1.29, 1.82) is 0 Å². The summed E-state index contributed by atoms with van der Waals surface area (Å²) in [5, 5.41) is 2.02. The summed E-state index contributed by atoms with van der Waals surface area (Å²) in [5.41, 5.74) is 0.582. The Bertz CT molecular complexity index is 379. The molecule has 0 N–H and O–H groups in total. The van der Waals surface area contributed by atoms with Crippen LogP contribution in [0, 0.1) is 0 Å². The van der Waals surface area contributed by atoms with E-state index in [1.54, 1.807) is 11.3 Å². The Labute approximate surface area is 79.6 Å². The first kappa shape index (κ1) is 7.92. The molecule has 0 aliphatic rings. The molecule has 60 valence electrons. The van der Waals surface area contributed by atoms with E-state index in [0.29, 0.717) is 5.69 Å². The van der Waals surface area contributed by atoms with Gasteiger partial charge in [0.2, 0.25) is 0 Å². The van der Waals surface area contributed by atoms with Gasteiger partial charge in [-0.15, -0.1) is 0 Å². The van der Waals surface area contributed by atoms with Crippen LogP contribution in [0.2, 0.25) is 0 Å². The van der Waals surface area contributed by atoms with E-state index in [0.717, 1.165) is 10.9 Å². The van der Waals surface area contributed by atoms with Gasteiger partial charge in [0.15, 0.2) is 0 Å². The number of carbonyl (C=O) groups excluding carboxylic acids is 1. The molecule has 0 radical (unpaired) electrons. The molecule has 0 unspecified atom stereocenters. The monoisotopic (exact) mass is 243 g/mol. The van der Waals surface area contributed by atoms with Gasteiger partial charge in [0.1, 0.15) is 0 Å². The quantitative estimate of drug-likeness (QED) is 0.592. The molecule has 0 saturated carbocycles. The molecule has 0 amide bonds. The van der Waals surface area contributed by atoms with Crippen molar-refractivity contribution in [2.45, 2.75) is 0 Å². The molecular weight excluding hydrogens is 237 g/mol. The molecule has 0 spiro atoms. The summed E-state index contributed by atoms with van der Waals surface area (Å²) in [7, 11) is 0. The number of hydrogen-bond acceptors (Lipinski definition) is 3. The predicted octanol–water partition coefficient (Wildman–Crippen LogP) is 1.68. The number of nitrogens with zero attached hydrogens (tertiary/aromatic N) is 1. The molecule has 2 heterocycles. The van der Waals surface area contributed by atoms with Crippen molar-refractivity contribution in [3.8, 4) is 9.44 Å². The number of hydrogen-bond donors (Lipinski definition) is 0. The second kappa shape index (κ2) is 3.35. The third kappa shape index (κ3) is 1.41. The van der Waals surface area contributed by atoms with Gasteiger partial charge in [-0.05, 0) is 0 Å². The summed E-state index contributed by atoms with van der Waals surface area (Å²) < 4.78 is 1.07. The second-order valence-electron chi connectivity index (χ2n) is 2.17. The van der Waals surface area contributed by atoms with Crippen molar-refractivity contribution in [3.63, 3.8) is 0 Å². The van der Waals surface area contributed by atoms with Crippen molar-refractivity contribution < 1.29 is 4.79 Å². The molecule has 2 rings (SSSR count). The Morgan fingerprint density at radius 2 is 2.50 bits per heavy atom. The summed E-state index contributed by atoms with van der Waals surface area (Å²) in [6, 6.07) is 4.03. The summed E-state index contributed by atoms with van der Waals surface area (Å²) in [6.07, 6.45) is 0.808. The summed E-state index contributed by atoms with van der Waals surface area (Å²) >= 11 is 1.92. The van der Waals surface area contributed by atoms with E-state index in [1.165, 1.54) is 4.88 Å². The molecule has 0 aliphatic carbocycles. The molecule has 4 heteroatoms. The van der Waals surface area contributed by atoms with Gasteiger partial charge >= 0.3 is 79.5 Å². The van der Waals surface area contributed by atoms with Crippen LogP contribution in [0.4, 0.5) is 0 Å². The molecule has 2 nitrogen and oxygen atoms in total. The van der Waals surface area contributed by atoms with Gasteiger partial charge in [0.05, 0.1) is 0 Å². The van der Waals surface area contributed by atoms with Crippen LogP contribution in [0.15, 0.2) is 22.5 Å². The Hall–Kier alpha value is -0.701. The molecule has 12 heavy (non-hydrogen) atoms. The zero-order valence-electron chi connectivity index (χ0n) is 6.06. The minimum absolute atomic E-state index is 0.251. The Balaban J connectivity index is 2.41. The number of aromatic nitrogens is 1. The Kier molecular flexibility index (Phi) is 2.21. The van der Waals surface area contributed by atoms with Crippen molar-refractivity contribution in [2.24, 2.45) is 0 Å². The second-order valence-corrected chi connectivity index (χ2v) is 4.92. The Morgan fingerprint density at radius 3 is 3.08 bits per heavy atom. The number of carbonyl (C=O) groups is 1. The molecule has 0 bridgehead atoms. The molecule has 2 aromatic rings. The van der Waals surface area contributed by atoms with Gasteiger partial charge in [-0.25, -0.2) is 0 Å². The zero-order valence-corrected chi connectivity index (χ0v) is 8.59. The summed E-state index contributed by atoms with van der Waals surface area (Å²) in [5.74, 6) is 0. The maximum atomic E-state index is 10.4. The van der Waals surface area contributed by atoms with E-state index in [2.05, 4.69) is 4.98 Å². The first-order valence-corrected chi connectivity index (χ1v) is 6.07. The molecule has 0 fully saturated rings. The van der Waals surface area contributed by atoms with E-state index >= 15 is 0 Å². The van der Waals surface area contributed by atoms with Crippen molar-refractivity contribution in [3.05, 3.63) is 28.1 Å².